The van der Waals surface area contributed by atoms with Gasteiger partial charge >= 0.3 is 6.18 Å². The second-order valence-corrected chi connectivity index (χ2v) is 8.54. The normalized spacial score (nSPS) is 12.0. The number of aromatic nitrogens is 2. The molecule has 6 heteroatoms. The number of imidazole rings is 1. The molecule has 160 valence electrons. The number of nitrogens with zero attached hydrogens (tertiary/aromatic N) is 2. The maximum atomic E-state index is 13.2. The van der Waals surface area contributed by atoms with Crippen molar-refractivity contribution < 1.29 is 13.2 Å². The molecule has 0 saturated heterocycles. The number of rotatable bonds is 5. The highest BCUT2D eigenvalue weighted by Gasteiger charge is 2.31. The third kappa shape index (κ3) is 4.10. The van der Waals surface area contributed by atoms with Gasteiger partial charge in [0.25, 0.3) is 0 Å². The summed E-state index contributed by atoms with van der Waals surface area (Å²) in [7, 11) is 0. The summed E-state index contributed by atoms with van der Waals surface area (Å²) < 4.78 is 41.7. The van der Waals surface area contributed by atoms with Crippen LogP contribution in [0.3, 0.4) is 0 Å². The third-order valence-corrected chi connectivity index (χ3v) is 6.49. The summed E-state index contributed by atoms with van der Waals surface area (Å²) in [5, 5.41) is 3.04. The molecule has 0 aliphatic rings. The molecular weight excluding hydrogens is 429 g/mol. The van der Waals surface area contributed by atoms with Gasteiger partial charge in [0.05, 0.1) is 23.1 Å². The van der Waals surface area contributed by atoms with E-state index in [-0.39, 0.29) is 0 Å². The van der Waals surface area contributed by atoms with Crippen LogP contribution in [-0.4, -0.2) is 9.55 Å². The first-order chi connectivity index (χ1) is 15.5. The van der Waals surface area contributed by atoms with Gasteiger partial charge in [-0.3, -0.25) is 0 Å². The summed E-state index contributed by atoms with van der Waals surface area (Å²) in [4.78, 5) is 4.60. The number of alkyl halides is 3. The first kappa shape index (κ1) is 20.6. The van der Waals surface area contributed by atoms with Gasteiger partial charge in [0, 0.05) is 5.75 Å². The average molecular weight is 449 g/mol. The predicted octanol–water partition coefficient (Wildman–Crippen LogP) is 7.55. The summed E-state index contributed by atoms with van der Waals surface area (Å²) in [5.74, 6) is 0.672. The average Bonchev–Trinajstić information content (AvgIpc) is 3.14. The van der Waals surface area contributed by atoms with E-state index in [4.69, 9.17) is 0 Å². The lowest BCUT2D eigenvalue weighted by molar-refractivity contribution is -0.137. The minimum absolute atomic E-state index is 0.358. The third-order valence-electron chi connectivity index (χ3n) is 5.46. The van der Waals surface area contributed by atoms with Crippen LogP contribution in [-0.2, 0) is 18.5 Å². The standard InChI is InChI=1S/C26H19F3N2S/c27-26(28,29)21-13-14-24-23(15-21)30-25(31(24)16-18-7-2-1-3-8-18)32-17-20-11-6-10-19-9-4-5-12-22(19)20/h1-15H,16-17H2. The topological polar surface area (TPSA) is 17.8 Å². The first-order valence-corrected chi connectivity index (χ1v) is 11.2. The molecule has 1 aromatic heterocycles. The largest absolute Gasteiger partial charge is 0.416 e. The lowest BCUT2D eigenvalue weighted by Gasteiger charge is -2.11. The molecule has 0 bridgehead atoms. The van der Waals surface area contributed by atoms with Crippen molar-refractivity contribution in [2.75, 3.05) is 0 Å². The second-order valence-electron chi connectivity index (χ2n) is 7.59. The molecule has 0 unspecified atom stereocenters. The van der Waals surface area contributed by atoms with Crippen LogP contribution in [0.25, 0.3) is 21.8 Å². The zero-order valence-electron chi connectivity index (χ0n) is 17.0. The Morgan fingerprint density at radius 1 is 0.812 bits per heavy atom. The number of halogens is 3. The van der Waals surface area contributed by atoms with Crippen molar-refractivity contribution in [2.45, 2.75) is 23.6 Å². The molecule has 1 heterocycles. The van der Waals surface area contributed by atoms with E-state index in [1.54, 1.807) is 11.8 Å². The fraction of sp³-hybridized carbons (Fsp3) is 0.115. The molecule has 0 aliphatic carbocycles. The zero-order valence-corrected chi connectivity index (χ0v) is 17.8. The van der Waals surface area contributed by atoms with Crippen molar-refractivity contribution in [3.63, 3.8) is 0 Å². The molecule has 0 fully saturated rings. The smallest absolute Gasteiger partial charge is 0.314 e. The first-order valence-electron chi connectivity index (χ1n) is 10.2. The Balaban J connectivity index is 1.54. The van der Waals surface area contributed by atoms with Crippen molar-refractivity contribution in [1.29, 1.82) is 0 Å². The van der Waals surface area contributed by atoms with Crippen LogP contribution in [0.5, 0.6) is 0 Å². The summed E-state index contributed by atoms with van der Waals surface area (Å²) in [6.07, 6.45) is -4.40. The lowest BCUT2D eigenvalue weighted by atomic mass is 10.1. The second kappa shape index (κ2) is 8.36. The molecule has 4 aromatic carbocycles. The summed E-state index contributed by atoms with van der Waals surface area (Å²) >= 11 is 1.54. The van der Waals surface area contributed by atoms with Gasteiger partial charge in [0.15, 0.2) is 5.16 Å². The van der Waals surface area contributed by atoms with Crippen molar-refractivity contribution in [3.8, 4) is 0 Å². The molecule has 5 rings (SSSR count). The highest BCUT2D eigenvalue weighted by atomic mass is 32.2. The van der Waals surface area contributed by atoms with Crippen LogP contribution < -0.4 is 0 Å². The number of fused-ring (bicyclic) bond motifs is 2. The highest BCUT2D eigenvalue weighted by molar-refractivity contribution is 7.98. The van der Waals surface area contributed by atoms with Crippen molar-refractivity contribution in [1.82, 2.24) is 9.55 Å². The summed E-state index contributed by atoms with van der Waals surface area (Å²) in [6.45, 7) is 0.542. The van der Waals surface area contributed by atoms with Crippen molar-refractivity contribution in [2.24, 2.45) is 0 Å². The maximum absolute atomic E-state index is 13.2. The van der Waals surface area contributed by atoms with E-state index in [2.05, 4.69) is 29.2 Å². The van der Waals surface area contributed by atoms with E-state index in [1.807, 2.05) is 53.1 Å². The molecule has 32 heavy (non-hydrogen) atoms. The van der Waals surface area contributed by atoms with E-state index in [0.717, 1.165) is 17.7 Å². The Morgan fingerprint density at radius 3 is 2.38 bits per heavy atom. The van der Waals surface area contributed by atoms with Gasteiger partial charge in [0.2, 0.25) is 0 Å². The molecule has 0 spiro atoms. The van der Waals surface area contributed by atoms with Crippen LogP contribution in [0, 0.1) is 0 Å². The Labute approximate surface area is 187 Å². The molecule has 5 aromatic rings. The molecule has 0 amide bonds. The molecule has 2 nitrogen and oxygen atoms in total. The predicted molar refractivity (Wildman–Crippen MR) is 124 cm³/mol. The Morgan fingerprint density at radius 2 is 1.56 bits per heavy atom. The zero-order chi connectivity index (χ0) is 22.1. The lowest BCUT2D eigenvalue weighted by Crippen LogP contribution is -2.05. The minimum Gasteiger partial charge on any atom is -0.314 e. The molecule has 0 N–H and O–H groups in total. The van der Waals surface area contributed by atoms with Crippen molar-refractivity contribution in [3.05, 3.63) is 108 Å². The number of thioether (sulfide) groups is 1. The van der Waals surface area contributed by atoms with Gasteiger partial charge in [-0.15, -0.1) is 0 Å². The number of benzene rings is 4. The Kier molecular flexibility index (Phi) is 5.39. The maximum Gasteiger partial charge on any atom is 0.416 e. The van der Waals surface area contributed by atoms with Gasteiger partial charge in [-0.05, 0) is 40.1 Å². The molecule has 0 radical (unpaired) electrons. The SMILES string of the molecule is FC(F)(F)c1ccc2c(c1)nc(SCc1cccc3ccccc13)n2Cc1ccccc1. The van der Waals surface area contributed by atoms with Gasteiger partial charge < -0.3 is 4.57 Å². The van der Waals surface area contributed by atoms with Crippen molar-refractivity contribution >= 4 is 33.6 Å². The van der Waals surface area contributed by atoms with Crippen LogP contribution in [0.4, 0.5) is 13.2 Å². The van der Waals surface area contributed by atoms with Crippen LogP contribution in [0.2, 0.25) is 0 Å². The fourth-order valence-electron chi connectivity index (χ4n) is 3.87. The van der Waals surface area contributed by atoms with Crippen LogP contribution >= 0.6 is 11.8 Å². The van der Waals surface area contributed by atoms with Gasteiger partial charge in [0.1, 0.15) is 0 Å². The van der Waals surface area contributed by atoms with E-state index < -0.39 is 11.7 Å². The molecular formula is C26H19F3N2S. The molecule has 0 aliphatic heterocycles. The number of hydrogen-bond donors (Lipinski definition) is 0. The summed E-state index contributed by atoms with van der Waals surface area (Å²) in [5.41, 5.74) is 2.61. The Bertz CT molecular complexity index is 1390. The molecule has 0 saturated carbocycles. The van der Waals surface area contributed by atoms with Gasteiger partial charge in [-0.25, -0.2) is 4.98 Å². The Hall–Kier alpha value is -3.25. The van der Waals surface area contributed by atoms with Crippen LogP contribution in [0.1, 0.15) is 16.7 Å². The molecule has 0 atom stereocenters. The van der Waals surface area contributed by atoms with E-state index in [0.29, 0.717) is 28.5 Å². The van der Waals surface area contributed by atoms with E-state index in [1.165, 1.54) is 22.4 Å². The van der Waals surface area contributed by atoms with Gasteiger partial charge in [-0.1, -0.05) is 84.6 Å². The number of hydrogen-bond acceptors (Lipinski definition) is 2. The highest BCUT2D eigenvalue weighted by Crippen LogP contribution is 2.34. The fourth-order valence-corrected chi connectivity index (χ4v) is 4.89. The van der Waals surface area contributed by atoms with Gasteiger partial charge in [-0.2, -0.15) is 13.2 Å². The van der Waals surface area contributed by atoms with Crippen LogP contribution in [0.15, 0.2) is 96.2 Å². The monoisotopic (exact) mass is 448 g/mol. The minimum atomic E-state index is -4.40. The quantitative estimate of drug-likeness (QED) is 0.258. The van der Waals surface area contributed by atoms with E-state index >= 15 is 0 Å². The summed E-state index contributed by atoms with van der Waals surface area (Å²) in [6, 6.07) is 28.1. The van der Waals surface area contributed by atoms with E-state index in [9.17, 15) is 13.2 Å².